The Kier molecular flexibility index (Phi) is 5.77. The van der Waals surface area contributed by atoms with Crippen LogP contribution in [-0.2, 0) is 10.0 Å². The van der Waals surface area contributed by atoms with Gasteiger partial charge in [0.15, 0.2) is 0 Å². The van der Waals surface area contributed by atoms with Gasteiger partial charge in [0.05, 0.1) is 0 Å². The largest absolute Gasteiger partial charge is 0.414 e. The van der Waals surface area contributed by atoms with Crippen molar-refractivity contribution in [1.29, 1.82) is 0 Å². The number of unbranched alkanes of at least 4 members (excludes halogenated alkanes) is 1. The maximum absolute atomic E-state index is 6.31. The van der Waals surface area contributed by atoms with Crippen LogP contribution in [0.1, 0.15) is 44.2 Å². The number of hydrogen-bond donors (Lipinski definition) is 0. The van der Waals surface area contributed by atoms with Gasteiger partial charge in [-0.05, 0) is 23.5 Å². The molecule has 21 heavy (non-hydrogen) atoms. The van der Waals surface area contributed by atoms with Crippen LogP contribution >= 0.6 is 0 Å². The van der Waals surface area contributed by atoms with Crippen LogP contribution < -0.4 is 0 Å². The summed E-state index contributed by atoms with van der Waals surface area (Å²) in [6, 6.07) is 21.4. The van der Waals surface area contributed by atoms with Crippen LogP contribution in [0.5, 0.6) is 0 Å². The lowest BCUT2D eigenvalue weighted by atomic mass is 9.75. The fraction of sp³-hybridized carbons (Fsp3) is 0.368. The van der Waals surface area contributed by atoms with Crippen molar-refractivity contribution in [2.45, 2.75) is 38.7 Å². The predicted octanol–water partition coefficient (Wildman–Crippen LogP) is 4.05. The normalized spacial score (nSPS) is 13.2. The summed E-state index contributed by atoms with van der Waals surface area (Å²) < 4.78 is 6.31. The van der Waals surface area contributed by atoms with Crippen LogP contribution in [0.4, 0.5) is 0 Å². The molecule has 112 valence electrons. The van der Waals surface area contributed by atoms with Gasteiger partial charge in [-0.15, -0.1) is 0 Å². The van der Waals surface area contributed by atoms with E-state index in [-0.39, 0.29) is 5.60 Å². The number of benzene rings is 2. The topological polar surface area (TPSA) is 9.23 Å². The average Bonchev–Trinajstić information content (AvgIpc) is 2.56. The monoisotopic (exact) mass is 298 g/mol. The van der Waals surface area contributed by atoms with Gasteiger partial charge in [0.25, 0.3) is 0 Å². The minimum Gasteiger partial charge on any atom is -0.414 e. The van der Waals surface area contributed by atoms with E-state index in [4.69, 9.17) is 4.43 Å². The lowest BCUT2D eigenvalue weighted by Gasteiger charge is -2.40. The van der Waals surface area contributed by atoms with Gasteiger partial charge in [-0.25, -0.2) is 0 Å². The Morgan fingerprint density at radius 3 is 1.81 bits per heavy atom. The first-order valence-electron chi connectivity index (χ1n) is 7.92. The molecule has 0 aliphatic rings. The van der Waals surface area contributed by atoms with Crippen molar-refractivity contribution in [2.75, 3.05) is 0 Å². The Hall–Kier alpha value is -1.38. The second-order valence-corrected chi connectivity index (χ2v) is 6.12. The van der Waals surface area contributed by atoms with Crippen molar-refractivity contribution in [3.05, 3.63) is 71.8 Å². The summed E-state index contributed by atoms with van der Waals surface area (Å²) in [5.74, 6) is 0.458. The Balaban J connectivity index is 2.51. The zero-order chi connectivity index (χ0) is 15.1. The first-order valence-corrected chi connectivity index (χ1v) is 8.73. The van der Waals surface area contributed by atoms with E-state index in [0.29, 0.717) is 5.92 Å². The first kappa shape index (κ1) is 16.0. The van der Waals surface area contributed by atoms with Crippen LogP contribution in [0.3, 0.4) is 0 Å². The lowest BCUT2D eigenvalue weighted by Crippen LogP contribution is -2.37. The highest BCUT2D eigenvalue weighted by Crippen LogP contribution is 2.41. The van der Waals surface area contributed by atoms with Gasteiger partial charge in [0.2, 0.25) is 0 Å². The molecule has 2 aromatic carbocycles. The predicted molar refractivity (Wildman–Crippen MR) is 93.4 cm³/mol. The molecule has 0 bridgehead atoms. The molecule has 2 rings (SSSR count). The molecule has 0 saturated carbocycles. The van der Waals surface area contributed by atoms with E-state index < -0.39 is 0 Å². The van der Waals surface area contributed by atoms with Crippen LogP contribution in [0.25, 0.3) is 0 Å². The highest BCUT2D eigenvalue weighted by atomic mass is 28.2. The Bertz CT molecular complexity index is 484. The SMILES string of the molecule is CCCCC(C)C(O[SiH3])(c1ccccc1)c1ccccc1. The third-order valence-electron chi connectivity index (χ3n) is 4.41. The third kappa shape index (κ3) is 3.28. The summed E-state index contributed by atoms with van der Waals surface area (Å²) in [6.07, 6.45) is 3.65. The van der Waals surface area contributed by atoms with Gasteiger partial charge in [-0.3, -0.25) is 0 Å². The average molecular weight is 299 g/mol. The van der Waals surface area contributed by atoms with E-state index in [1.807, 2.05) is 0 Å². The second-order valence-electron chi connectivity index (χ2n) is 5.72. The highest BCUT2D eigenvalue weighted by Gasteiger charge is 2.38. The summed E-state index contributed by atoms with van der Waals surface area (Å²) in [7, 11) is 0.722. The van der Waals surface area contributed by atoms with Gasteiger partial charge >= 0.3 is 0 Å². The van der Waals surface area contributed by atoms with Crippen LogP contribution in [0.2, 0.25) is 0 Å². The minimum atomic E-state index is -0.302. The molecule has 0 aliphatic carbocycles. The standard InChI is InChI=1S/C19H26OSi/c1-3-4-11-16(2)19(20-21,17-12-7-5-8-13-17)18-14-9-6-10-15-18/h5-10,12-16H,3-4,11H2,1-2,21H3. The van der Waals surface area contributed by atoms with Crippen molar-refractivity contribution in [1.82, 2.24) is 0 Å². The molecule has 0 spiro atoms. The van der Waals surface area contributed by atoms with Crippen LogP contribution in [-0.4, -0.2) is 10.5 Å². The summed E-state index contributed by atoms with van der Waals surface area (Å²) in [4.78, 5) is 0. The molecule has 1 nitrogen and oxygen atoms in total. The fourth-order valence-electron chi connectivity index (χ4n) is 3.26. The van der Waals surface area contributed by atoms with E-state index in [2.05, 4.69) is 74.5 Å². The number of hydrogen-bond acceptors (Lipinski definition) is 1. The summed E-state index contributed by atoms with van der Waals surface area (Å²) in [6.45, 7) is 4.58. The fourth-order valence-corrected chi connectivity index (χ4v) is 4.13. The van der Waals surface area contributed by atoms with Crippen molar-refractivity contribution >= 4 is 10.5 Å². The molecular formula is C19H26OSi. The molecule has 0 saturated heterocycles. The molecular weight excluding hydrogens is 272 g/mol. The maximum Gasteiger partial charge on any atom is 0.147 e. The second kappa shape index (κ2) is 7.58. The van der Waals surface area contributed by atoms with E-state index >= 15 is 0 Å². The molecule has 0 fully saturated rings. The summed E-state index contributed by atoms with van der Waals surface area (Å²) in [5, 5.41) is 0. The molecule has 0 amide bonds. The molecule has 0 heterocycles. The highest BCUT2D eigenvalue weighted by molar-refractivity contribution is 5.98. The van der Waals surface area contributed by atoms with Gasteiger partial charge in [-0.2, -0.15) is 0 Å². The van der Waals surface area contributed by atoms with Crippen LogP contribution in [0.15, 0.2) is 60.7 Å². The maximum atomic E-state index is 6.31. The minimum absolute atomic E-state index is 0.302. The lowest BCUT2D eigenvalue weighted by molar-refractivity contribution is 0.0561. The van der Waals surface area contributed by atoms with E-state index in [1.165, 1.54) is 30.4 Å². The van der Waals surface area contributed by atoms with Crippen molar-refractivity contribution in [2.24, 2.45) is 5.92 Å². The molecule has 2 heteroatoms. The van der Waals surface area contributed by atoms with Gasteiger partial charge in [0, 0.05) is 0 Å². The van der Waals surface area contributed by atoms with E-state index in [1.54, 1.807) is 0 Å². The Morgan fingerprint density at radius 1 is 0.952 bits per heavy atom. The van der Waals surface area contributed by atoms with Gasteiger partial charge < -0.3 is 4.43 Å². The quantitative estimate of drug-likeness (QED) is 0.701. The van der Waals surface area contributed by atoms with Gasteiger partial charge in [-0.1, -0.05) is 87.4 Å². The molecule has 0 N–H and O–H groups in total. The van der Waals surface area contributed by atoms with Crippen molar-refractivity contribution < 1.29 is 4.43 Å². The van der Waals surface area contributed by atoms with Crippen molar-refractivity contribution in [3.8, 4) is 0 Å². The Labute approximate surface area is 131 Å². The van der Waals surface area contributed by atoms with E-state index in [0.717, 1.165) is 10.5 Å². The van der Waals surface area contributed by atoms with Gasteiger partial charge in [0.1, 0.15) is 16.1 Å². The smallest absolute Gasteiger partial charge is 0.147 e. The molecule has 2 aromatic rings. The zero-order valence-corrected chi connectivity index (χ0v) is 15.4. The molecule has 1 unspecified atom stereocenters. The third-order valence-corrected chi connectivity index (χ3v) is 5.06. The summed E-state index contributed by atoms with van der Waals surface area (Å²) in [5.41, 5.74) is 2.24. The van der Waals surface area contributed by atoms with Crippen molar-refractivity contribution in [3.63, 3.8) is 0 Å². The first-order chi connectivity index (χ1) is 10.3. The molecule has 0 aliphatic heterocycles. The summed E-state index contributed by atoms with van der Waals surface area (Å²) >= 11 is 0. The zero-order valence-electron chi connectivity index (χ0n) is 13.4. The van der Waals surface area contributed by atoms with Crippen LogP contribution in [0, 0.1) is 5.92 Å². The molecule has 0 radical (unpaired) electrons. The Morgan fingerprint density at radius 2 is 1.43 bits per heavy atom. The molecule has 1 atom stereocenters. The molecule has 0 aromatic heterocycles. The number of rotatable bonds is 7. The van der Waals surface area contributed by atoms with E-state index in [9.17, 15) is 0 Å².